The zero-order valence-electron chi connectivity index (χ0n) is 10.4. The molecule has 3 heterocycles. The maximum Gasteiger partial charge on any atom is 0.239 e. The van der Waals surface area contributed by atoms with Crippen LogP contribution in [0.25, 0.3) is 0 Å². The molecule has 0 radical (unpaired) electrons. The quantitative estimate of drug-likeness (QED) is 0.738. The predicted molar refractivity (Wildman–Crippen MR) is 64.8 cm³/mol. The first-order chi connectivity index (χ1) is 8.29. The Kier molecular flexibility index (Phi) is 3.09. The zero-order valence-corrected chi connectivity index (χ0v) is 10.4. The summed E-state index contributed by atoms with van der Waals surface area (Å²) in [5.74, 6) is 0.300. The number of amides is 1. The molecule has 2 atom stereocenters. The van der Waals surface area contributed by atoms with Gasteiger partial charge >= 0.3 is 0 Å². The second kappa shape index (κ2) is 4.58. The van der Waals surface area contributed by atoms with Crippen molar-refractivity contribution in [2.45, 2.75) is 50.2 Å². The molecule has 0 aromatic heterocycles. The van der Waals surface area contributed by atoms with Crippen LogP contribution in [-0.2, 0) is 9.53 Å². The Bertz CT molecular complexity index is 294. The molecule has 3 fully saturated rings. The lowest BCUT2D eigenvalue weighted by atomic mass is 9.93. The van der Waals surface area contributed by atoms with E-state index in [2.05, 4.69) is 5.32 Å². The molecule has 0 aromatic rings. The molecule has 3 aliphatic heterocycles. The fraction of sp³-hybridized carbons (Fsp3) is 0.923. The molecule has 3 aliphatic rings. The Morgan fingerprint density at radius 3 is 2.94 bits per heavy atom. The molecule has 4 nitrogen and oxygen atoms in total. The van der Waals surface area contributed by atoms with Gasteiger partial charge in [0.15, 0.2) is 0 Å². The van der Waals surface area contributed by atoms with E-state index in [0.717, 1.165) is 51.9 Å². The van der Waals surface area contributed by atoms with Crippen LogP contribution in [0.2, 0.25) is 0 Å². The predicted octanol–water partition coefficient (Wildman–Crippen LogP) is 0.910. The van der Waals surface area contributed by atoms with E-state index in [1.807, 2.05) is 4.90 Å². The van der Waals surface area contributed by atoms with Crippen LogP contribution in [0.4, 0.5) is 0 Å². The van der Waals surface area contributed by atoms with Crippen LogP contribution in [-0.4, -0.2) is 48.7 Å². The number of hydrogen-bond acceptors (Lipinski definition) is 3. The summed E-state index contributed by atoms with van der Waals surface area (Å²) in [4.78, 5) is 14.3. The molecule has 3 saturated heterocycles. The van der Waals surface area contributed by atoms with E-state index in [4.69, 9.17) is 4.74 Å². The second-order valence-corrected chi connectivity index (χ2v) is 5.65. The first-order valence-electron chi connectivity index (χ1n) is 6.95. The molecule has 1 amide bonds. The van der Waals surface area contributed by atoms with Gasteiger partial charge in [-0.2, -0.15) is 0 Å². The summed E-state index contributed by atoms with van der Waals surface area (Å²) in [5, 5.41) is 3.29. The fourth-order valence-corrected chi connectivity index (χ4v) is 3.38. The van der Waals surface area contributed by atoms with Crippen molar-refractivity contribution in [2.24, 2.45) is 0 Å². The molecular weight excluding hydrogens is 216 g/mol. The van der Waals surface area contributed by atoms with Gasteiger partial charge in [-0.1, -0.05) is 0 Å². The maximum atomic E-state index is 12.3. The van der Waals surface area contributed by atoms with Gasteiger partial charge in [0.1, 0.15) is 0 Å². The first kappa shape index (κ1) is 11.5. The van der Waals surface area contributed by atoms with Crippen LogP contribution in [0.5, 0.6) is 0 Å². The van der Waals surface area contributed by atoms with Crippen molar-refractivity contribution in [3.8, 4) is 0 Å². The second-order valence-electron chi connectivity index (χ2n) is 5.65. The normalized spacial score (nSPS) is 37.9. The minimum absolute atomic E-state index is 0.00646. The molecule has 17 heavy (non-hydrogen) atoms. The van der Waals surface area contributed by atoms with Gasteiger partial charge in [0, 0.05) is 19.7 Å². The lowest BCUT2D eigenvalue weighted by Gasteiger charge is -2.33. The van der Waals surface area contributed by atoms with Crippen LogP contribution in [0, 0.1) is 0 Å². The van der Waals surface area contributed by atoms with Crippen LogP contribution in [0.3, 0.4) is 0 Å². The Morgan fingerprint density at radius 1 is 1.29 bits per heavy atom. The standard InChI is InChI=1S/C13H22N2O2/c16-12(11-4-3-7-14-11)15-8-6-13(10-15)5-1-2-9-17-13/h11,14H,1-10H2/t11-,13-/m0/s1. The van der Waals surface area contributed by atoms with E-state index in [1.54, 1.807) is 0 Å². The monoisotopic (exact) mass is 238 g/mol. The molecule has 4 heteroatoms. The minimum atomic E-state index is 0.00646. The Hall–Kier alpha value is -0.610. The lowest BCUT2D eigenvalue weighted by Crippen LogP contribution is -2.45. The molecule has 1 spiro atoms. The number of carbonyl (C=O) groups excluding carboxylic acids is 1. The molecular formula is C13H22N2O2. The summed E-state index contributed by atoms with van der Waals surface area (Å²) in [5.41, 5.74) is 0.00646. The van der Waals surface area contributed by atoms with Crippen molar-refractivity contribution >= 4 is 5.91 Å². The largest absolute Gasteiger partial charge is 0.373 e. The highest BCUT2D eigenvalue weighted by molar-refractivity contribution is 5.82. The molecule has 0 unspecified atom stereocenters. The van der Waals surface area contributed by atoms with Gasteiger partial charge < -0.3 is 15.0 Å². The molecule has 1 N–H and O–H groups in total. The number of nitrogens with one attached hydrogen (secondary N) is 1. The smallest absolute Gasteiger partial charge is 0.239 e. The van der Waals surface area contributed by atoms with E-state index in [-0.39, 0.29) is 11.6 Å². The van der Waals surface area contributed by atoms with Crippen LogP contribution in [0.15, 0.2) is 0 Å². The molecule has 0 aromatic carbocycles. The van der Waals surface area contributed by atoms with Gasteiger partial charge in [0.2, 0.25) is 5.91 Å². The van der Waals surface area contributed by atoms with Crippen LogP contribution >= 0.6 is 0 Å². The van der Waals surface area contributed by atoms with Gasteiger partial charge in [0.05, 0.1) is 11.6 Å². The molecule has 0 bridgehead atoms. The Labute approximate surface area is 103 Å². The third-order valence-electron chi connectivity index (χ3n) is 4.42. The Balaban J connectivity index is 1.60. The highest BCUT2D eigenvalue weighted by Gasteiger charge is 2.43. The summed E-state index contributed by atoms with van der Waals surface area (Å²) < 4.78 is 5.96. The average molecular weight is 238 g/mol. The number of carbonyl (C=O) groups is 1. The molecule has 0 saturated carbocycles. The van der Waals surface area contributed by atoms with E-state index < -0.39 is 0 Å². The SMILES string of the molecule is O=C([C@@H]1CCCN1)N1CC[C@@]2(CCCCO2)C1. The number of ether oxygens (including phenoxy) is 1. The van der Waals surface area contributed by atoms with Crippen LogP contribution < -0.4 is 5.32 Å². The van der Waals surface area contributed by atoms with E-state index in [0.29, 0.717) is 5.91 Å². The summed E-state index contributed by atoms with van der Waals surface area (Å²) in [6, 6.07) is 0.0775. The van der Waals surface area contributed by atoms with Gasteiger partial charge in [-0.05, 0) is 45.1 Å². The topological polar surface area (TPSA) is 41.6 Å². The van der Waals surface area contributed by atoms with Gasteiger partial charge in [0.25, 0.3) is 0 Å². The third kappa shape index (κ3) is 2.20. The zero-order chi connectivity index (χ0) is 11.7. The lowest BCUT2D eigenvalue weighted by molar-refractivity contribution is -0.134. The number of likely N-dealkylation sites (tertiary alicyclic amines) is 1. The van der Waals surface area contributed by atoms with Crippen molar-refractivity contribution in [3.63, 3.8) is 0 Å². The number of rotatable bonds is 1. The van der Waals surface area contributed by atoms with E-state index in [9.17, 15) is 4.79 Å². The highest BCUT2D eigenvalue weighted by Crippen LogP contribution is 2.34. The van der Waals surface area contributed by atoms with E-state index >= 15 is 0 Å². The first-order valence-corrected chi connectivity index (χ1v) is 6.95. The average Bonchev–Trinajstić information content (AvgIpc) is 2.99. The van der Waals surface area contributed by atoms with Crippen molar-refractivity contribution < 1.29 is 9.53 Å². The number of nitrogens with zero attached hydrogens (tertiary/aromatic N) is 1. The van der Waals surface area contributed by atoms with Gasteiger partial charge in [-0.15, -0.1) is 0 Å². The maximum absolute atomic E-state index is 12.3. The fourth-order valence-electron chi connectivity index (χ4n) is 3.38. The van der Waals surface area contributed by atoms with Gasteiger partial charge in [-0.25, -0.2) is 0 Å². The third-order valence-corrected chi connectivity index (χ3v) is 4.42. The summed E-state index contributed by atoms with van der Waals surface area (Å²) in [7, 11) is 0. The highest BCUT2D eigenvalue weighted by atomic mass is 16.5. The molecule has 96 valence electrons. The minimum Gasteiger partial charge on any atom is -0.373 e. The summed E-state index contributed by atoms with van der Waals surface area (Å²) >= 11 is 0. The molecule has 3 rings (SSSR count). The Morgan fingerprint density at radius 2 is 2.24 bits per heavy atom. The molecule has 0 aliphatic carbocycles. The van der Waals surface area contributed by atoms with Crippen molar-refractivity contribution in [2.75, 3.05) is 26.2 Å². The van der Waals surface area contributed by atoms with Crippen molar-refractivity contribution in [3.05, 3.63) is 0 Å². The van der Waals surface area contributed by atoms with Crippen molar-refractivity contribution in [1.82, 2.24) is 10.2 Å². The number of hydrogen-bond donors (Lipinski definition) is 1. The summed E-state index contributed by atoms with van der Waals surface area (Å²) in [6.07, 6.45) is 6.74. The van der Waals surface area contributed by atoms with Gasteiger partial charge in [-0.3, -0.25) is 4.79 Å². The van der Waals surface area contributed by atoms with Crippen molar-refractivity contribution in [1.29, 1.82) is 0 Å². The van der Waals surface area contributed by atoms with Crippen LogP contribution in [0.1, 0.15) is 38.5 Å². The van der Waals surface area contributed by atoms with E-state index in [1.165, 1.54) is 12.8 Å². The summed E-state index contributed by atoms with van der Waals surface area (Å²) in [6.45, 7) is 3.58.